The predicted octanol–water partition coefficient (Wildman–Crippen LogP) is 0.818. The summed E-state index contributed by atoms with van der Waals surface area (Å²) in [4.78, 5) is 2.04. The van der Waals surface area contributed by atoms with Crippen LogP contribution in [0.4, 0.5) is 12.9 Å². The monoisotopic (exact) mass is 321 g/mol. The standard InChI is InChI=1S/C12H17BF3N2O2S/c1-21(19,20)18-8-6-17(7-9-18)10-11-2-4-12(5-3-11)13(14,15)16/h2-5H,6-10H2,1H3/q-1. The minimum absolute atomic E-state index is 0.419. The smallest absolute Gasteiger partial charge is 0.445 e. The van der Waals surface area contributed by atoms with Gasteiger partial charge in [-0.3, -0.25) is 4.90 Å². The molecule has 2 rings (SSSR count). The van der Waals surface area contributed by atoms with Gasteiger partial charge in [0.2, 0.25) is 10.0 Å². The summed E-state index contributed by atoms with van der Waals surface area (Å²) in [6, 6.07) is 5.16. The number of benzene rings is 1. The molecule has 1 saturated heterocycles. The van der Waals surface area contributed by atoms with Gasteiger partial charge >= 0.3 is 6.98 Å². The van der Waals surface area contributed by atoms with Crippen molar-refractivity contribution in [2.75, 3.05) is 32.4 Å². The fourth-order valence-electron chi connectivity index (χ4n) is 2.32. The van der Waals surface area contributed by atoms with E-state index < -0.39 is 22.5 Å². The normalized spacial score (nSPS) is 18.9. The zero-order valence-corrected chi connectivity index (χ0v) is 12.5. The maximum atomic E-state index is 12.5. The largest absolute Gasteiger partial charge is 0.509 e. The van der Waals surface area contributed by atoms with E-state index in [2.05, 4.69) is 0 Å². The van der Waals surface area contributed by atoms with Crippen molar-refractivity contribution in [1.29, 1.82) is 0 Å². The van der Waals surface area contributed by atoms with Gasteiger partial charge in [0.15, 0.2) is 0 Å². The summed E-state index contributed by atoms with van der Waals surface area (Å²) in [5.41, 5.74) is 0.201. The van der Waals surface area contributed by atoms with E-state index in [0.717, 1.165) is 17.7 Å². The van der Waals surface area contributed by atoms with Crippen molar-refractivity contribution in [3.8, 4) is 0 Å². The van der Waals surface area contributed by atoms with E-state index >= 15 is 0 Å². The van der Waals surface area contributed by atoms with Gasteiger partial charge in [0.25, 0.3) is 0 Å². The highest BCUT2D eigenvalue weighted by Gasteiger charge is 2.26. The third-order valence-electron chi connectivity index (χ3n) is 3.56. The SMILES string of the molecule is CS(=O)(=O)N1CCN(Cc2ccc([B-](F)(F)F)cc2)CC1. The van der Waals surface area contributed by atoms with Crippen molar-refractivity contribution >= 4 is 22.5 Å². The molecule has 0 unspecified atom stereocenters. The van der Waals surface area contributed by atoms with Gasteiger partial charge in [-0.2, -0.15) is 4.31 Å². The molecule has 21 heavy (non-hydrogen) atoms. The highest BCUT2D eigenvalue weighted by Crippen LogP contribution is 2.12. The molecule has 1 aromatic rings. The summed E-state index contributed by atoms with van der Waals surface area (Å²) in [6.07, 6.45) is 1.18. The predicted molar refractivity (Wildman–Crippen MR) is 76.8 cm³/mol. The van der Waals surface area contributed by atoms with Gasteiger partial charge in [-0.25, -0.2) is 8.42 Å². The second-order valence-corrected chi connectivity index (χ2v) is 7.24. The van der Waals surface area contributed by atoms with Gasteiger partial charge in [-0.05, 0) is 5.56 Å². The molecule has 0 saturated carbocycles. The summed E-state index contributed by atoms with van der Waals surface area (Å²) in [5, 5.41) is 0. The number of sulfonamides is 1. The van der Waals surface area contributed by atoms with E-state index in [4.69, 9.17) is 0 Å². The Morgan fingerprint density at radius 2 is 1.57 bits per heavy atom. The Morgan fingerprint density at radius 1 is 1.05 bits per heavy atom. The Kier molecular flexibility index (Phi) is 4.65. The lowest BCUT2D eigenvalue weighted by molar-refractivity contribution is 0.182. The molecule has 1 heterocycles. The van der Waals surface area contributed by atoms with E-state index in [1.165, 1.54) is 22.7 Å². The lowest BCUT2D eigenvalue weighted by Crippen LogP contribution is -2.47. The van der Waals surface area contributed by atoms with Crippen molar-refractivity contribution < 1.29 is 21.4 Å². The molecule has 0 spiro atoms. The van der Waals surface area contributed by atoms with Crippen LogP contribution in [-0.4, -0.2) is 57.0 Å². The van der Waals surface area contributed by atoms with Crippen LogP contribution >= 0.6 is 0 Å². The lowest BCUT2D eigenvalue weighted by atomic mass is 9.80. The Hall–Kier alpha value is -1.06. The van der Waals surface area contributed by atoms with Gasteiger partial charge in [-0.1, -0.05) is 24.3 Å². The van der Waals surface area contributed by atoms with E-state index in [1.54, 1.807) is 0 Å². The minimum Gasteiger partial charge on any atom is -0.445 e. The number of rotatable bonds is 4. The average molecular weight is 321 g/mol. The van der Waals surface area contributed by atoms with Crippen LogP contribution in [0.5, 0.6) is 0 Å². The summed E-state index contributed by atoms with van der Waals surface area (Å²) < 4.78 is 61.8. The minimum atomic E-state index is -4.95. The molecular weight excluding hydrogens is 304 g/mol. The molecule has 1 aromatic carbocycles. The molecule has 9 heteroatoms. The first-order chi connectivity index (χ1) is 9.66. The van der Waals surface area contributed by atoms with E-state index in [1.807, 2.05) is 4.90 Å². The van der Waals surface area contributed by atoms with Crippen LogP contribution in [0, 0.1) is 0 Å². The Labute approximate surface area is 122 Å². The van der Waals surface area contributed by atoms with Crippen LogP contribution < -0.4 is 5.46 Å². The zero-order valence-electron chi connectivity index (χ0n) is 11.7. The third-order valence-corrected chi connectivity index (χ3v) is 4.87. The third kappa shape index (κ3) is 4.45. The first-order valence-corrected chi connectivity index (χ1v) is 8.47. The fourth-order valence-corrected chi connectivity index (χ4v) is 3.15. The van der Waals surface area contributed by atoms with Gasteiger partial charge in [0, 0.05) is 32.7 Å². The van der Waals surface area contributed by atoms with Gasteiger partial charge in [0.05, 0.1) is 6.26 Å². The molecule has 0 aromatic heterocycles. The number of hydrogen-bond acceptors (Lipinski definition) is 3. The molecule has 1 fully saturated rings. The number of halogens is 3. The fraction of sp³-hybridized carbons (Fsp3) is 0.500. The van der Waals surface area contributed by atoms with Crippen molar-refractivity contribution in [1.82, 2.24) is 9.21 Å². The first-order valence-electron chi connectivity index (χ1n) is 6.62. The van der Waals surface area contributed by atoms with Crippen LogP contribution in [0.2, 0.25) is 0 Å². The molecule has 118 valence electrons. The van der Waals surface area contributed by atoms with Gasteiger partial charge in [-0.15, -0.1) is 5.46 Å². The van der Waals surface area contributed by atoms with Gasteiger partial charge in [0.1, 0.15) is 0 Å². The summed E-state index contributed by atoms with van der Waals surface area (Å²) in [5.74, 6) is 0. The number of nitrogens with zero attached hydrogens (tertiary/aromatic N) is 2. The molecular formula is C12H17BF3N2O2S-. The van der Waals surface area contributed by atoms with E-state index in [0.29, 0.717) is 32.7 Å². The van der Waals surface area contributed by atoms with E-state index in [9.17, 15) is 21.4 Å². The van der Waals surface area contributed by atoms with Crippen LogP contribution in [0.1, 0.15) is 5.56 Å². The Morgan fingerprint density at radius 3 is 2.00 bits per heavy atom. The maximum Gasteiger partial charge on any atom is 0.509 e. The lowest BCUT2D eigenvalue weighted by Gasteiger charge is -2.33. The molecule has 1 aliphatic rings. The van der Waals surface area contributed by atoms with Crippen molar-refractivity contribution in [3.05, 3.63) is 29.8 Å². The van der Waals surface area contributed by atoms with E-state index in [-0.39, 0.29) is 0 Å². The molecule has 0 atom stereocenters. The molecule has 0 aliphatic carbocycles. The molecule has 0 bridgehead atoms. The second kappa shape index (κ2) is 5.98. The second-order valence-electron chi connectivity index (χ2n) is 5.25. The Bertz CT molecular complexity index is 582. The van der Waals surface area contributed by atoms with Crippen molar-refractivity contribution in [3.63, 3.8) is 0 Å². The maximum absolute atomic E-state index is 12.5. The highest BCUT2D eigenvalue weighted by atomic mass is 32.2. The number of hydrogen-bond donors (Lipinski definition) is 0. The van der Waals surface area contributed by atoms with Crippen LogP contribution in [-0.2, 0) is 16.6 Å². The van der Waals surface area contributed by atoms with Crippen molar-refractivity contribution in [2.24, 2.45) is 0 Å². The van der Waals surface area contributed by atoms with Crippen LogP contribution in [0.15, 0.2) is 24.3 Å². The molecule has 0 radical (unpaired) electrons. The molecule has 4 nitrogen and oxygen atoms in total. The zero-order chi connectivity index (χ0) is 15.7. The summed E-state index contributed by atoms with van der Waals surface area (Å²) in [6.45, 7) is -2.42. The quantitative estimate of drug-likeness (QED) is 0.771. The number of piperazine rings is 1. The Balaban J connectivity index is 1.92. The highest BCUT2D eigenvalue weighted by molar-refractivity contribution is 7.88. The summed E-state index contributed by atoms with van der Waals surface area (Å²) >= 11 is 0. The van der Waals surface area contributed by atoms with Crippen LogP contribution in [0.25, 0.3) is 0 Å². The average Bonchev–Trinajstić information content (AvgIpc) is 2.38. The summed E-state index contributed by atoms with van der Waals surface area (Å²) in [7, 11) is -3.16. The van der Waals surface area contributed by atoms with Crippen molar-refractivity contribution in [2.45, 2.75) is 6.54 Å². The molecule has 0 N–H and O–H groups in total. The van der Waals surface area contributed by atoms with Crippen LogP contribution in [0.3, 0.4) is 0 Å². The first kappa shape index (κ1) is 16.3. The van der Waals surface area contributed by atoms with Gasteiger partial charge < -0.3 is 12.9 Å². The molecule has 1 aliphatic heterocycles. The molecule has 0 amide bonds. The topological polar surface area (TPSA) is 40.6 Å².